The number of hydrogen-bond donors (Lipinski definition) is 2. The first-order valence-corrected chi connectivity index (χ1v) is 8.68. The van der Waals surface area contributed by atoms with Crippen LogP contribution in [-0.4, -0.2) is 27.0 Å². The minimum Gasteiger partial charge on any atom is -0.444 e. The largest absolute Gasteiger partial charge is 0.444 e. The fourth-order valence-electron chi connectivity index (χ4n) is 2.58. The van der Waals surface area contributed by atoms with Crippen molar-refractivity contribution in [3.8, 4) is 5.69 Å². The molecule has 7 nitrogen and oxygen atoms in total. The van der Waals surface area contributed by atoms with Gasteiger partial charge in [0, 0.05) is 18.9 Å². The molecule has 0 aliphatic rings. The number of benzene rings is 1. The number of imidazole rings is 1. The molecule has 2 heterocycles. The lowest BCUT2D eigenvalue weighted by molar-refractivity contribution is 0.463. The first kappa shape index (κ1) is 17.7. The van der Waals surface area contributed by atoms with E-state index in [9.17, 15) is 0 Å². The zero-order chi connectivity index (χ0) is 18.4. The molecule has 0 fully saturated rings. The highest BCUT2D eigenvalue weighted by Crippen LogP contribution is 2.15. The number of aromatic nitrogens is 3. The second-order valence-electron chi connectivity index (χ2n) is 5.90. The third-order valence-corrected chi connectivity index (χ3v) is 4.01. The van der Waals surface area contributed by atoms with Crippen LogP contribution in [0.1, 0.15) is 29.8 Å². The summed E-state index contributed by atoms with van der Waals surface area (Å²) in [6.45, 7) is 7.71. The molecule has 0 atom stereocenters. The van der Waals surface area contributed by atoms with Crippen LogP contribution in [0.4, 0.5) is 0 Å². The molecule has 0 unspecified atom stereocenters. The molecule has 0 radical (unpaired) electrons. The molecule has 26 heavy (non-hydrogen) atoms. The highest BCUT2D eigenvalue weighted by Gasteiger charge is 2.07. The maximum atomic E-state index is 5.61. The zero-order valence-corrected chi connectivity index (χ0v) is 15.4. The number of nitrogens with zero attached hydrogens (tertiary/aromatic N) is 4. The molecule has 0 amide bonds. The maximum Gasteiger partial charge on any atom is 0.214 e. The summed E-state index contributed by atoms with van der Waals surface area (Å²) in [5.41, 5.74) is 3.10. The van der Waals surface area contributed by atoms with Crippen molar-refractivity contribution in [2.24, 2.45) is 4.99 Å². The summed E-state index contributed by atoms with van der Waals surface area (Å²) in [7, 11) is 0. The number of para-hydroxylation sites is 1. The SMILES string of the molecule is CCNC(=NCc1ccccc1-n1ccnc1)NCc1nc(C)c(C)o1. The van der Waals surface area contributed by atoms with Gasteiger partial charge in [0.15, 0.2) is 5.96 Å². The van der Waals surface area contributed by atoms with E-state index in [4.69, 9.17) is 4.42 Å². The van der Waals surface area contributed by atoms with Gasteiger partial charge in [-0.25, -0.2) is 15.0 Å². The summed E-state index contributed by atoms with van der Waals surface area (Å²) in [6, 6.07) is 8.16. The Bertz CT molecular complexity index is 847. The molecule has 2 N–H and O–H groups in total. The molecule has 2 aromatic heterocycles. The number of rotatable bonds is 6. The van der Waals surface area contributed by atoms with E-state index in [1.807, 2.05) is 43.7 Å². The highest BCUT2D eigenvalue weighted by molar-refractivity contribution is 5.79. The summed E-state index contributed by atoms with van der Waals surface area (Å²) in [5, 5.41) is 6.51. The lowest BCUT2D eigenvalue weighted by Crippen LogP contribution is -2.36. The van der Waals surface area contributed by atoms with E-state index >= 15 is 0 Å². The van der Waals surface area contributed by atoms with Crippen LogP contribution in [-0.2, 0) is 13.1 Å². The van der Waals surface area contributed by atoms with E-state index in [0.717, 1.165) is 35.2 Å². The van der Waals surface area contributed by atoms with Crippen LogP contribution >= 0.6 is 0 Å². The summed E-state index contributed by atoms with van der Waals surface area (Å²) in [5.74, 6) is 2.23. The van der Waals surface area contributed by atoms with Gasteiger partial charge < -0.3 is 19.6 Å². The normalized spacial score (nSPS) is 11.6. The number of aryl methyl sites for hydroxylation is 2. The Balaban J connectivity index is 1.71. The summed E-state index contributed by atoms with van der Waals surface area (Å²) < 4.78 is 7.60. The topological polar surface area (TPSA) is 80.3 Å². The van der Waals surface area contributed by atoms with Gasteiger partial charge in [-0.15, -0.1) is 0 Å². The average molecular weight is 352 g/mol. The Hall–Kier alpha value is -3.09. The molecule has 3 aromatic rings. The molecular formula is C19H24N6O. The third kappa shape index (κ3) is 4.30. The Morgan fingerprint density at radius 3 is 2.77 bits per heavy atom. The average Bonchev–Trinajstić information content (AvgIpc) is 3.28. The van der Waals surface area contributed by atoms with Crippen LogP contribution < -0.4 is 10.6 Å². The van der Waals surface area contributed by atoms with E-state index in [2.05, 4.69) is 37.7 Å². The fourth-order valence-corrected chi connectivity index (χ4v) is 2.58. The van der Waals surface area contributed by atoms with Gasteiger partial charge in [-0.1, -0.05) is 18.2 Å². The predicted octanol–water partition coefficient (Wildman–Crippen LogP) is 2.73. The van der Waals surface area contributed by atoms with E-state index in [0.29, 0.717) is 19.0 Å². The van der Waals surface area contributed by atoms with Crippen LogP contribution in [0.2, 0.25) is 0 Å². The Labute approximate surface area is 153 Å². The third-order valence-electron chi connectivity index (χ3n) is 4.01. The number of nitrogens with one attached hydrogen (secondary N) is 2. The van der Waals surface area contributed by atoms with Crippen LogP contribution in [0, 0.1) is 13.8 Å². The van der Waals surface area contributed by atoms with Crippen molar-refractivity contribution in [3.63, 3.8) is 0 Å². The van der Waals surface area contributed by atoms with E-state index < -0.39 is 0 Å². The number of aliphatic imine (C=N–C) groups is 1. The van der Waals surface area contributed by atoms with E-state index in [1.54, 1.807) is 12.5 Å². The number of guanidine groups is 1. The smallest absolute Gasteiger partial charge is 0.214 e. The van der Waals surface area contributed by atoms with Crippen molar-refractivity contribution in [1.82, 2.24) is 25.2 Å². The molecular weight excluding hydrogens is 328 g/mol. The Morgan fingerprint density at radius 1 is 1.23 bits per heavy atom. The second kappa shape index (κ2) is 8.33. The highest BCUT2D eigenvalue weighted by atomic mass is 16.4. The van der Waals surface area contributed by atoms with Crippen molar-refractivity contribution >= 4 is 5.96 Å². The Morgan fingerprint density at radius 2 is 2.08 bits per heavy atom. The second-order valence-corrected chi connectivity index (χ2v) is 5.90. The monoisotopic (exact) mass is 352 g/mol. The van der Waals surface area contributed by atoms with Crippen molar-refractivity contribution < 1.29 is 4.42 Å². The number of hydrogen-bond acceptors (Lipinski definition) is 4. The van der Waals surface area contributed by atoms with Gasteiger partial charge in [0.2, 0.25) is 5.89 Å². The molecule has 0 saturated heterocycles. The first-order valence-electron chi connectivity index (χ1n) is 8.68. The summed E-state index contributed by atoms with van der Waals surface area (Å²) >= 11 is 0. The molecule has 3 rings (SSSR count). The van der Waals surface area contributed by atoms with Crippen LogP contribution in [0.15, 0.2) is 52.4 Å². The summed E-state index contributed by atoms with van der Waals surface area (Å²) in [4.78, 5) is 13.2. The van der Waals surface area contributed by atoms with E-state index in [1.165, 1.54) is 0 Å². The predicted molar refractivity (Wildman–Crippen MR) is 101 cm³/mol. The minimum absolute atomic E-state index is 0.490. The van der Waals surface area contributed by atoms with Crippen LogP contribution in [0.3, 0.4) is 0 Å². The van der Waals surface area contributed by atoms with Gasteiger partial charge >= 0.3 is 0 Å². The van der Waals surface area contributed by atoms with Gasteiger partial charge in [0.25, 0.3) is 0 Å². The molecule has 0 saturated carbocycles. The first-order chi connectivity index (χ1) is 12.7. The van der Waals surface area contributed by atoms with Gasteiger partial charge in [-0.2, -0.15) is 0 Å². The molecule has 136 valence electrons. The van der Waals surface area contributed by atoms with Crippen molar-refractivity contribution in [2.45, 2.75) is 33.9 Å². The van der Waals surface area contributed by atoms with E-state index in [-0.39, 0.29) is 0 Å². The molecule has 0 aliphatic carbocycles. The summed E-state index contributed by atoms with van der Waals surface area (Å²) in [6.07, 6.45) is 5.49. The molecule has 1 aromatic carbocycles. The van der Waals surface area contributed by atoms with Gasteiger partial charge in [0.1, 0.15) is 5.76 Å². The zero-order valence-electron chi connectivity index (χ0n) is 15.4. The number of oxazole rings is 1. The van der Waals surface area contributed by atoms with Crippen molar-refractivity contribution in [2.75, 3.05) is 6.54 Å². The molecule has 7 heteroatoms. The lowest BCUT2D eigenvalue weighted by atomic mass is 10.2. The maximum absolute atomic E-state index is 5.61. The van der Waals surface area contributed by atoms with Gasteiger partial charge in [-0.3, -0.25) is 0 Å². The Kier molecular flexibility index (Phi) is 5.68. The van der Waals surface area contributed by atoms with Crippen LogP contribution in [0.5, 0.6) is 0 Å². The lowest BCUT2D eigenvalue weighted by Gasteiger charge is -2.12. The molecule has 0 spiro atoms. The van der Waals surface area contributed by atoms with Crippen molar-refractivity contribution in [3.05, 3.63) is 65.9 Å². The van der Waals surface area contributed by atoms with Gasteiger partial charge in [-0.05, 0) is 32.4 Å². The molecule has 0 bridgehead atoms. The van der Waals surface area contributed by atoms with Crippen LogP contribution in [0.25, 0.3) is 5.69 Å². The van der Waals surface area contributed by atoms with Crippen molar-refractivity contribution in [1.29, 1.82) is 0 Å². The van der Waals surface area contributed by atoms with Gasteiger partial charge in [0.05, 0.1) is 30.8 Å². The standard InChI is InChI=1S/C19H24N6O/c1-4-21-19(23-12-18-24-14(2)15(3)26-18)22-11-16-7-5-6-8-17(16)25-10-9-20-13-25/h5-10,13H,4,11-12H2,1-3H3,(H2,21,22,23). The quantitative estimate of drug-likeness (QED) is 0.527. The minimum atomic E-state index is 0.490. The fraction of sp³-hybridized carbons (Fsp3) is 0.316. The molecule has 0 aliphatic heterocycles.